The zero-order valence-corrected chi connectivity index (χ0v) is 14.8. The molecule has 0 N–H and O–H groups in total. The van der Waals surface area contributed by atoms with E-state index in [0.717, 1.165) is 65.3 Å². The molecule has 4 fully saturated rings. The molecule has 3 saturated heterocycles. The maximum Gasteiger partial charge on any atom is 0.225 e. The SMILES string of the molecule is O=C(C1CC1)N1CC2(CN(Cc3ccccc3)C[C@@H]3COCCN32)C1. The highest BCUT2D eigenvalue weighted by molar-refractivity contribution is 5.82. The smallest absolute Gasteiger partial charge is 0.225 e. The second-order valence-corrected chi connectivity index (χ2v) is 8.27. The number of hydrogen-bond acceptors (Lipinski definition) is 4. The summed E-state index contributed by atoms with van der Waals surface area (Å²) in [4.78, 5) is 19.8. The Labute approximate surface area is 149 Å². The second kappa shape index (κ2) is 6.08. The van der Waals surface area contributed by atoms with Crippen molar-refractivity contribution in [2.45, 2.75) is 31.0 Å². The van der Waals surface area contributed by atoms with Gasteiger partial charge in [0.25, 0.3) is 0 Å². The fourth-order valence-corrected chi connectivity index (χ4v) is 4.95. The summed E-state index contributed by atoms with van der Waals surface area (Å²) < 4.78 is 5.77. The van der Waals surface area contributed by atoms with Crippen molar-refractivity contribution >= 4 is 5.91 Å². The monoisotopic (exact) mass is 341 g/mol. The van der Waals surface area contributed by atoms with Gasteiger partial charge in [-0.15, -0.1) is 0 Å². The van der Waals surface area contributed by atoms with E-state index in [1.54, 1.807) is 0 Å². The Morgan fingerprint density at radius 2 is 1.96 bits per heavy atom. The van der Waals surface area contributed by atoms with Gasteiger partial charge < -0.3 is 9.64 Å². The molecule has 1 aliphatic carbocycles. The highest BCUT2D eigenvalue weighted by Crippen LogP contribution is 2.39. The highest BCUT2D eigenvalue weighted by atomic mass is 16.5. The van der Waals surface area contributed by atoms with Crippen molar-refractivity contribution in [3.63, 3.8) is 0 Å². The summed E-state index contributed by atoms with van der Waals surface area (Å²) >= 11 is 0. The Kier molecular flexibility index (Phi) is 3.84. The number of rotatable bonds is 3. The molecule has 25 heavy (non-hydrogen) atoms. The number of morpholine rings is 1. The lowest BCUT2D eigenvalue weighted by Gasteiger charge is -2.63. The summed E-state index contributed by atoms with van der Waals surface area (Å²) in [6, 6.07) is 11.2. The molecule has 0 unspecified atom stereocenters. The number of nitrogens with zero attached hydrogens (tertiary/aromatic N) is 3. The average molecular weight is 341 g/mol. The van der Waals surface area contributed by atoms with Crippen molar-refractivity contribution in [2.24, 2.45) is 5.92 Å². The standard InChI is InChI=1S/C20H27N3O2/c24-19(17-6-7-17)22-14-20(15-22)13-21(10-16-4-2-1-3-5-16)11-18-12-25-9-8-23(18)20/h1-5,17-18H,6-15H2/t18-/m1/s1. The van der Waals surface area contributed by atoms with Gasteiger partial charge in [0.05, 0.1) is 18.8 Å². The van der Waals surface area contributed by atoms with Crippen molar-refractivity contribution < 1.29 is 9.53 Å². The highest BCUT2D eigenvalue weighted by Gasteiger charge is 2.56. The third kappa shape index (κ3) is 2.88. The molecule has 134 valence electrons. The van der Waals surface area contributed by atoms with E-state index in [2.05, 4.69) is 45.0 Å². The van der Waals surface area contributed by atoms with Crippen LogP contribution < -0.4 is 0 Å². The van der Waals surface area contributed by atoms with Gasteiger partial charge in [0.2, 0.25) is 5.91 Å². The predicted molar refractivity (Wildman–Crippen MR) is 95.1 cm³/mol. The van der Waals surface area contributed by atoms with Crippen molar-refractivity contribution in [1.29, 1.82) is 0 Å². The fourth-order valence-electron chi connectivity index (χ4n) is 4.95. The molecule has 3 heterocycles. The number of piperazine rings is 1. The third-order valence-corrected chi connectivity index (χ3v) is 6.28. The van der Waals surface area contributed by atoms with Crippen LogP contribution in [-0.4, -0.2) is 78.1 Å². The minimum Gasteiger partial charge on any atom is -0.378 e. The molecule has 1 aromatic carbocycles. The van der Waals surface area contributed by atoms with Gasteiger partial charge in [0.1, 0.15) is 0 Å². The maximum absolute atomic E-state index is 12.4. The Hall–Kier alpha value is -1.43. The lowest BCUT2D eigenvalue weighted by atomic mass is 9.82. The summed E-state index contributed by atoms with van der Waals surface area (Å²) in [6.07, 6.45) is 2.20. The molecule has 1 spiro atoms. The first-order chi connectivity index (χ1) is 12.2. The minimum atomic E-state index is 0.145. The molecule has 1 saturated carbocycles. The number of likely N-dealkylation sites (tertiary alicyclic amines) is 1. The van der Waals surface area contributed by atoms with Crippen LogP contribution in [0, 0.1) is 5.92 Å². The Balaban J connectivity index is 1.32. The van der Waals surface area contributed by atoms with Gasteiger partial charge in [-0.2, -0.15) is 0 Å². The van der Waals surface area contributed by atoms with Crippen molar-refractivity contribution in [3.05, 3.63) is 35.9 Å². The first-order valence-corrected chi connectivity index (χ1v) is 9.63. The van der Waals surface area contributed by atoms with Crippen LogP contribution in [0.1, 0.15) is 18.4 Å². The van der Waals surface area contributed by atoms with E-state index in [1.807, 2.05) is 0 Å². The molecule has 4 aliphatic rings. The van der Waals surface area contributed by atoms with Crippen LogP contribution in [0.25, 0.3) is 0 Å². The van der Waals surface area contributed by atoms with Crippen LogP contribution in [0.5, 0.6) is 0 Å². The molecule has 5 rings (SSSR count). The van der Waals surface area contributed by atoms with Crippen LogP contribution in [-0.2, 0) is 16.1 Å². The largest absolute Gasteiger partial charge is 0.378 e. The molecule has 5 heteroatoms. The summed E-state index contributed by atoms with van der Waals surface area (Å²) in [6.45, 7) is 7.59. The fraction of sp³-hybridized carbons (Fsp3) is 0.650. The van der Waals surface area contributed by atoms with Gasteiger partial charge in [0.15, 0.2) is 0 Å². The Bertz CT molecular complexity index is 640. The third-order valence-electron chi connectivity index (χ3n) is 6.28. The topological polar surface area (TPSA) is 36.0 Å². The molecular weight excluding hydrogens is 314 g/mol. The molecule has 0 aromatic heterocycles. The lowest BCUT2D eigenvalue weighted by Crippen LogP contribution is -2.81. The second-order valence-electron chi connectivity index (χ2n) is 8.27. The zero-order chi connectivity index (χ0) is 16.9. The maximum atomic E-state index is 12.4. The number of carbonyl (C=O) groups is 1. The molecule has 0 radical (unpaired) electrons. The Morgan fingerprint density at radius 1 is 1.16 bits per heavy atom. The molecular formula is C20H27N3O2. The first-order valence-electron chi connectivity index (χ1n) is 9.63. The molecule has 1 atom stereocenters. The number of carbonyl (C=O) groups excluding carboxylic acids is 1. The summed E-state index contributed by atoms with van der Waals surface area (Å²) in [7, 11) is 0. The van der Waals surface area contributed by atoms with E-state index < -0.39 is 0 Å². The average Bonchev–Trinajstić information content (AvgIpc) is 3.44. The van der Waals surface area contributed by atoms with Crippen molar-refractivity contribution in [1.82, 2.24) is 14.7 Å². The van der Waals surface area contributed by atoms with E-state index in [0.29, 0.717) is 17.9 Å². The van der Waals surface area contributed by atoms with Crippen molar-refractivity contribution in [2.75, 3.05) is 45.9 Å². The number of benzene rings is 1. The van der Waals surface area contributed by atoms with Gasteiger partial charge in [0, 0.05) is 51.2 Å². The van der Waals surface area contributed by atoms with Gasteiger partial charge in [-0.05, 0) is 18.4 Å². The van der Waals surface area contributed by atoms with Crippen molar-refractivity contribution in [3.8, 4) is 0 Å². The normalized spacial score (nSPS) is 29.3. The van der Waals surface area contributed by atoms with Crippen LogP contribution in [0.2, 0.25) is 0 Å². The quantitative estimate of drug-likeness (QED) is 0.828. The van der Waals surface area contributed by atoms with E-state index in [-0.39, 0.29) is 5.54 Å². The van der Waals surface area contributed by atoms with Gasteiger partial charge >= 0.3 is 0 Å². The van der Waals surface area contributed by atoms with Crippen LogP contribution in [0.3, 0.4) is 0 Å². The molecule has 3 aliphatic heterocycles. The zero-order valence-electron chi connectivity index (χ0n) is 14.8. The van der Waals surface area contributed by atoms with Gasteiger partial charge in [-0.3, -0.25) is 14.6 Å². The first kappa shape index (κ1) is 15.8. The summed E-state index contributed by atoms with van der Waals surface area (Å²) in [5.74, 6) is 0.734. The molecule has 1 amide bonds. The van der Waals surface area contributed by atoms with E-state index in [4.69, 9.17) is 4.74 Å². The summed E-state index contributed by atoms with van der Waals surface area (Å²) in [5.41, 5.74) is 1.51. The predicted octanol–water partition coefficient (Wildman–Crippen LogP) is 1.19. The molecule has 5 nitrogen and oxygen atoms in total. The van der Waals surface area contributed by atoms with E-state index in [9.17, 15) is 4.79 Å². The van der Waals surface area contributed by atoms with Crippen LogP contribution in [0.4, 0.5) is 0 Å². The number of fused-ring (bicyclic) bond motifs is 2. The minimum absolute atomic E-state index is 0.145. The number of amides is 1. The van der Waals surface area contributed by atoms with Crippen LogP contribution >= 0.6 is 0 Å². The summed E-state index contributed by atoms with van der Waals surface area (Å²) in [5, 5.41) is 0. The van der Waals surface area contributed by atoms with E-state index in [1.165, 1.54) is 5.56 Å². The lowest BCUT2D eigenvalue weighted by molar-refractivity contribution is -0.178. The number of hydrogen-bond donors (Lipinski definition) is 0. The van der Waals surface area contributed by atoms with Crippen LogP contribution in [0.15, 0.2) is 30.3 Å². The molecule has 1 aromatic rings. The molecule has 0 bridgehead atoms. The van der Waals surface area contributed by atoms with Gasteiger partial charge in [-0.25, -0.2) is 0 Å². The number of ether oxygens (including phenoxy) is 1. The van der Waals surface area contributed by atoms with Gasteiger partial charge in [-0.1, -0.05) is 30.3 Å². The Morgan fingerprint density at radius 3 is 2.72 bits per heavy atom. The van der Waals surface area contributed by atoms with E-state index >= 15 is 0 Å².